The van der Waals surface area contributed by atoms with Crippen molar-refractivity contribution in [3.63, 3.8) is 0 Å². The van der Waals surface area contributed by atoms with Gasteiger partial charge in [-0.2, -0.15) is 0 Å². The Hall–Kier alpha value is -2.83. The summed E-state index contributed by atoms with van der Waals surface area (Å²) in [5.74, 6) is 0.000629. The summed E-state index contributed by atoms with van der Waals surface area (Å²) < 4.78 is 8.79. The first-order chi connectivity index (χ1) is 17.4. The van der Waals surface area contributed by atoms with Crippen molar-refractivity contribution in [3.05, 3.63) is 121 Å². The molecule has 0 aliphatic carbocycles. The largest absolute Gasteiger partial charge is 0.336 e. The van der Waals surface area contributed by atoms with Gasteiger partial charge in [-0.25, -0.2) is 0 Å². The van der Waals surface area contributed by atoms with Gasteiger partial charge in [-0.1, -0.05) is 142 Å². The predicted molar refractivity (Wildman–Crippen MR) is 155 cm³/mol. The second kappa shape index (κ2) is 11.9. The predicted octanol–water partition coefficient (Wildman–Crippen LogP) is 5.97. The summed E-state index contributed by atoms with van der Waals surface area (Å²) >= 11 is 0. The Bertz CT molecular complexity index is 1150. The molecule has 0 saturated carbocycles. The van der Waals surface area contributed by atoms with Gasteiger partial charge in [0.25, 0.3) is 5.91 Å². The Morgan fingerprint density at radius 1 is 0.639 bits per heavy atom. The van der Waals surface area contributed by atoms with Crippen molar-refractivity contribution in [2.45, 2.75) is 26.9 Å². The van der Waals surface area contributed by atoms with Crippen LogP contribution >= 0.6 is 16.2 Å². The molecule has 4 aromatic rings. The molecule has 0 heterocycles. The number of hydrogen-bond donors (Lipinski definition) is 0. The van der Waals surface area contributed by atoms with Crippen LogP contribution in [0.3, 0.4) is 0 Å². The SMILES string of the molecule is CN(C(=O)C(OP(c1ccccc1)c1ccccc1)C(C)(C)C)P(c1ccccc1)c1ccccc1. The van der Waals surface area contributed by atoms with Crippen LogP contribution in [0, 0.1) is 5.41 Å². The number of rotatable bonds is 8. The van der Waals surface area contributed by atoms with Gasteiger partial charge in [0.05, 0.1) is 16.2 Å². The lowest BCUT2D eigenvalue weighted by molar-refractivity contribution is -0.136. The third kappa shape index (κ3) is 6.29. The van der Waals surface area contributed by atoms with Crippen LogP contribution in [0.5, 0.6) is 0 Å². The Morgan fingerprint density at radius 2 is 0.972 bits per heavy atom. The van der Waals surface area contributed by atoms with Crippen molar-refractivity contribution in [1.82, 2.24) is 4.67 Å². The maximum absolute atomic E-state index is 14.3. The molecule has 4 aromatic carbocycles. The first kappa shape index (κ1) is 26.2. The van der Waals surface area contributed by atoms with Gasteiger partial charge in [0.1, 0.15) is 6.10 Å². The molecule has 5 heteroatoms. The van der Waals surface area contributed by atoms with E-state index in [1.54, 1.807) is 0 Å². The van der Waals surface area contributed by atoms with Gasteiger partial charge in [0.15, 0.2) is 0 Å². The molecule has 0 radical (unpaired) electrons. The van der Waals surface area contributed by atoms with Crippen molar-refractivity contribution >= 4 is 43.3 Å². The fourth-order valence-electron chi connectivity index (χ4n) is 3.98. The average Bonchev–Trinajstić information content (AvgIpc) is 2.90. The summed E-state index contributed by atoms with van der Waals surface area (Å²) in [7, 11) is -0.313. The molecule has 0 N–H and O–H groups in total. The van der Waals surface area contributed by atoms with E-state index in [4.69, 9.17) is 4.52 Å². The number of likely N-dealkylation sites (N-methyl/N-ethyl adjacent to an activating group) is 1. The molecule has 0 aliphatic heterocycles. The number of carbonyl (C=O) groups is 1. The van der Waals surface area contributed by atoms with Gasteiger partial charge in [0.2, 0.25) is 0 Å². The van der Waals surface area contributed by atoms with Gasteiger partial charge in [-0.05, 0) is 5.41 Å². The van der Waals surface area contributed by atoms with E-state index < -0.39 is 27.7 Å². The highest BCUT2D eigenvalue weighted by Gasteiger charge is 2.39. The number of carbonyl (C=O) groups excluding carboxylic acids is 1. The lowest BCUT2D eigenvalue weighted by Gasteiger charge is -2.38. The zero-order valence-corrected chi connectivity index (χ0v) is 23.1. The lowest BCUT2D eigenvalue weighted by atomic mass is 9.89. The van der Waals surface area contributed by atoms with E-state index in [1.165, 1.54) is 0 Å². The van der Waals surface area contributed by atoms with Crippen molar-refractivity contribution in [3.8, 4) is 0 Å². The average molecular weight is 514 g/mol. The molecule has 0 bridgehead atoms. The monoisotopic (exact) mass is 513 g/mol. The number of nitrogens with zero attached hydrogens (tertiary/aromatic N) is 1. The first-order valence-corrected chi connectivity index (χ1v) is 14.7. The van der Waals surface area contributed by atoms with Crippen LogP contribution in [0.1, 0.15) is 20.8 Å². The quantitative estimate of drug-likeness (QED) is 0.272. The van der Waals surface area contributed by atoms with Gasteiger partial charge >= 0.3 is 0 Å². The minimum Gasteiger partial charge on any atom is -0.336 e. The molecule has 184 valence electrons. The summed E-state index contributed by atoms with van der Waals surface area (Å²) in [6, 6.07) is 41.1. The smallest absolute Gasteiger partial charge is 0.256 e. The number of benzene rings is 4. The molecule has 36 heavy (non-hydrogen) atoms. The Morgan fingerprint density at radius 3 is 1.31 bits per heavy atom. The molecule has 0 saturated heterocycles. The minimum atomic E-state index is -1.18. The summed E-state index contributed by atoms with van der Waals surface area (Å²) in [6.45, 7) is 6.25. The summed E-state index contributed by atoms with van der Waals surface area (Å²) in [5, 5.41) is 4.46. The van der Waals surface area contributed by atoms with E-state index in [0.717, 1.165) is 21.2 Å². The van der Waals surface area contributed by atoms with E-state index in [2.05, 4.69) is 69.3 Å². The first-order valence-electron chi connectivity index (χ1n) is 12.1. The van der Waals surface area contributed by atoms with E-state index in [-0.39, 0.29) is 5.91 Å². The second-order valence-corrected chi connectivity index (χ2v) is 13.8. The van der Waals surface area contributed by atoms with Crippen LogP contribution in [-0.4, -0.2) is 23.7 Å². The Kier molecular flexibility index (Phi) is 8.70. The highest BCUT2D eigenvalue weighted by molar-refractivity contribution is 7.71. The number of amides is 1. The Labute approximate surface area is 217 Å². The molecule has 3 nitrogen and oxygen atoms in total. The molecule has 0 aliphatic rings. The van der Waals surface area contributed by atoms with E-state index in [1.807, 2.05) is 84.5 Å². The molecular weight excluding hydrogens is 480 g/mol. The maximum Gasteiger partial charge on any atom is 0.256 e. The van der Waals surface area contributed by atoms with E-state index in [9.17, 15) is 4.79 Å². The van der Waals surface area contributed by atoms with Crippen LogP contribution in [0.4, 0.5) is 0 Å². The molecular formula is C31H33NO2P2. The molecule has 1 amide bonds. The van der Waals surface area contributed by atoms with Crippen molar-refractivity contribution in [2.75, 3.05) is 7.05 Å². The van der Waals surface area contributed by atoms with Crippen molar-refractivity contribution in [2.24, 2.45) is 5.41 Å². The molecule has 4 rings (SSSR count). The topological polar surface area (TPSA) is 29.5 Å². The molecule has 0 aromatic heterocycles. The standard InChI is InChI=1S/C31H33NO2P2/c1-31(2,3)29(34-36(27-21-13-7-14-22-27)28-23-15-8-16-24-28)30(33)32(4)35(25-17-9-5-10-18-25)26-19-11-6-12-20-26/h5-24,29H,1-4H3. The third-order valence-electron chi connectivity index (χ3n) is 5.82. The number of hydrogen-bond acceptors (Lipinski definition) is 2. The van der Waals surface area contributed by atoms with Gasteiger partial charge in [-0.3, -0.25) is 4.79 Å². The highest BCUT2D eigenvalue weighted by Crippen LogP contribution is 2.44. The zero-order valence-electron chi connectivity index (χ0n) is 21.3. The molecule has 1 unspecified atom stereocenters. The fraction of sp³-hybridized carbons (Fsp3) is 0.194. The van der Waals surface area contributed by atoms with Crippen LogP contribution in [0.25, 0.3) is 0 Å². The zero-order chi connectivity index (χ0) is 25.5. The van der Waals surface area contributed by atoms with Crippen molar-refractivity contribution < 1.29 is 9.32 Å². The van der Waals surface area contributed by atoms with E-state index >= 15 is 0 Å². The maximum atomic E-state index is 14.3. The van der Waals surface area contributed by atoms with E-state index in [0.29, 0.717) is 0 Å². The van der Waals surface area contributed by atoms with Gasteiger partial charge < -0.3 is 9.19 Å². The summed E-state index contributed by atoms with van der Waals surface area (Å²) in [5.41, 5.74) is -0.399. The minimum absolute atomic E-state index is 0.000629. The van der Waals surface area contributed by atoms with Gasteiger partial charge in [0, 0.05) is 28.3 Å². The highest BCUT2D eigenvalue weighted by atomic mass is 31.1. The molecule has 0 spiro atoms. The molecule has 1 atom stereocenters. The van der Waals surface area contributed by atoms with Gasteiger partial charge in [-0.15, -0.1) is 0 Å². The second-order valence-electron chi connectivity index (χ2n) is 9.66. The van der Waals surface area contributed by atoms with Crippen LogP contribution in [0.15, 0.2) is 121 Å². The third-order valence-corrected chi connectivity index (χ3v) is 10.2. The Balaban J connectivity index is 1.72. The lowest BCUT2D eigenvalue weighted by Crippen LogP contribution is -2.45. The van der Waals surface area contributed by atoms with Crippen molar-refractivity contribution in [1.29, 1.82) is 0 Å². The molecule has 0 fully saturated rings. The van der Waals surface area contributed by atoms with Crippen LogP contribution in [0.2, 0.25) is 0 Å². The fourth-order valence-corrected chi connectivity index (χ4v) is 8.23. The summed E-state index contributed by atoms with van der Waals surface area (Å²) in [4.78, 5) is 14.3. The van der Waals surface area contributed by atoms with Crippen LogP contribution < -0.4 is 21.2 Å². The summed E-state index contributed by atoms with van der Waals surface area (Å²) in [6.07, 6.45) is -0.619. The van der Waals surface area contributed by atoms with Crippen LogP contribution in [-0.2, 0) is 9.32 Å². The normalized spacial score (nSPS) is 12.5.